The number of nitrogens with zero attached hydrogens (tertiary/aromatic N) is 2. The molecule has 0 bridgehead atoms. The first-order chi connectivity index (χ1) is 17.6. The number of ether oxygens (including phenoxy) is 2. The summed E-state index contributed by atoms with van der Waals surface area (Å²) >= 11 is 6.36. The van der Waals surface area contributed by atoms with Crippen molar-refractivity contribution >= 4 is 34.9 Å². The fourth-order valence-electron chi connectivity index (χ4n) is 2.90. The molecule has 3 rings (SSSR count). The first-order valence-electron chi connectivity index (χ1n) is 11.3. The average Bonchev–Trinajstić information content (AvgIpc) is 2.82. The molecule has 0 aliphatic rings. The van der Waals surface area contributed by atoms with Gasteiger partial charge in [0.25, 0.3) is 0 Å². The van der Waals surface area contributed by atoms with E-state index >= 15 is 0 Å². The van der Waals surface area contributed by atoms with Gasteiger partial charge in [0.2, 0.25) is 0 Å². The lowest BCUT2D eigenvalue weighted by Gasteiger charge is -2.19. The Labute approximate surface area is 220 Å². The number of aromatic nitrogens is 2. The largest absolute Gasteiger partial charge is 0.487 e. The number of benzene rings is 2. The number of allylic oxidation sites excluding steroid dienone is 1. The predicted octanol–water partition coefficient (Wildman–Crippen LogP) is 5.61. The van der Waals surface area contributed by atoms with Crippen LogP contribution in [-0.2, 0) is 11.3 Å². The number of nitrogens with one attached hydrogen (secondary N) is 2. The van der Waals surface area contributed by atoms with Gasteiger partial charge in [-0.25, -0.2) is 19.2 Å². The molecule has 10 heteroatoms. The summed E-state index contributed by atoms with van der Waals surface area (Å²) in [5.41, 5.74) is 7.54. The molecule has 0 spiro atoms. The van der Waals surface area contributed by atoms with Gasteiger partial charge in [-0.15, -0.1) is 0 Å². The second kappa shape index (κ2) is 12.6. The number of hydrogen-bond donors (Lipinski definition) is 3. The van der Waals surface area contributed by atoms with Crippen LogP contribution in [0.1, 0.15) is 32.0 Å². The topological polar surface area (TPSA) is 111 Å². The number of amides is 1. The first-order valence-corrected chi connectivity index (χ1v) is 11.7. The molecule has 0 aliphatic heterocycles. The van der Waals surface area contributed by atoms with E-state index in [2.05, 4.69) is 32.4 Å². The lowest BCUT2D eigenvalue weighted by atomic mass is 10.2. The highest BCUT2D eigenvalue weighted by molar-refractivity contribution is 6.32. The highest BCUT2D eigenvalue weighted by Crippen LogP contribution is 2.31. The molecule has 0 atom stereocenters. The van der Waals surface area contributed by atoms with Crippen LogP contribution >= 0.6 is 11.6 Å². The molecule has 3 aromatic rings. The molecule has 0 aliphatic carbocycles. The number of carbonyl (C=O) groups excluding carboxylic acids is 1. The van der Waals surface area contributed by atoms with Crippen LogP contribution in [0.15, 0.2) is 60.9 Å². The van der Waals surface area contributed by atoms with E-state index in [-0.39, 0.29) is 24.7 Å². The average molecular weight is 524 g/mol. The molecule has 0 radical (unpaired) electrons. The van der Waals surface area contributed by atoms with Crippen molar-refractivity contribution in [3.8, 4) is 17.6 Å². The predicted molar refractivity (Wildman–Crippen MR) is 142 cm³/mol. The summed E-state index contributed by atoms with van der Waals surface area (Å²) in [5.74, 6) is 6.16. The van der Waals surface area contributed by atoms with E-state index in [0.717, 1.165) is 0 Å². The fraction of sp³-hybridized carbons (Fsp3) is 0.222. The van der Waals surface area contributed by atoms with Crippen LogP contribution in [0.4, 0.5) is 26.4 Å². The number of halogens is 2. The van der Waals surface area contributed by atoms with E-state index < -0.39 is 11.7 Å². The van der Waals surface area contributed by atoms with Crippen LogP contribution in [0.2, 0.25) is 5.02 Å². The third-order valence-electron chi connectivity index (χ3n) is 4.52. The summed E-state index contributed by atoms with van der Waals surface area (Å²) in [7, 11) is 0. The van der Waals surface area contributed by atoms with Gasteiger partial charge in [0, 0.05) is 12.2 Å². The van der Waals surface area contributed by atoms with E-state index in [1.165, 1.54) is 18.5 Å². The van der Waals surface area contributed by atoms with Crippen LogP contribution in [0, 0.1) is 17.7 Å². The summed E-state index contributed by atoms with van der Waals surface area (Å²) in [5, 5.41) is 6.05. The molecule has 1 amide bonds. The van der Waals surface area contributed by atoms with Gasteiger partial charge in [0.15, 0.2) is 5.82 Å². The van der Waals surface area contributed by atoms with E-state index in [4.69, 9.17) is 26.8 Å². The third kappa shape index (κ3) is 9.02. The Morgan fingerprint density at radius 2 is 2.03 bits per heavy atom. The Morgan fingerprint density at radius 3 is 2.76 bits per heavy atom. The number of carbonyl (C=O) groups is 1. The molecule has 8 nitrogen and oxygen atoms in total. The van der Waals surface area contributed by atoms with E-state index in [9.17, 15) is 9.18 Å². The van der Waals surface area contributed by atoms with Gasteiger partial charge in [-0.3, -0.25) is 0 Å². The van der Waals surface area contributed by atoms with Crippen LogP contribution in [0.3, 0.4) is 0 Å². The second-order valence-corrected chi connectivity index (χ2v) is 9.14. The van der Waals surface area contributed by atoms with Crippen LogP contribution in [0.25, 0.3) is 0 Å². The van der Waals surface area contributed by atoms with E-state index in [0.29, 0.717) is 33.5 Å². The van der Waals surface area contributed by atoms with Gasteiger partial charge < -0.3 is 25.8 Å². The SMILES string of the molecule is CC(C)(C)OC(=O)NCC=CC#Cc1ncnc(Nc2ccc(OCc3cccc(F)c3)c(Cl)c2)c1N. The van der Waals surface area contributed by atoms with Crippen LogP contribution < -0.4 is 21.1 Å². The number of rotatable bonds is 7. The highest BCUT2D eigenvalue weighted by atomic mass is 35.5. The van der Waals surface area contributed by atoms with Crippen molar-refractivity contribution in [1.82, 2.24) is 15.3 Å². The Hall–Kier alpha value is -4.29. The summed E-state index contributed by atoms with van der Waals surface area (Å²) in [6, 6.07) is 11.3. The minimum atomic E-state index is -0.560. The number of nitrogens with two attached hydrogens (primary N) is 1. The van der Waals surface area contributed by atoms with Crippen molar-refractivity contribution in [2.75, 3.05) is 17.6 Å². The maximum atomic E-state index is 13.3. The summed E-state index contributed by atoms with van der Waals surface area (Å²) < 4.78 is 24.2. The number of alkyl carbamates (subject to hydrolysis) is 1. The molecule has 37 heavy (non-hydrogen) atoms. The Morgan fingerprint density at radius 1 is 1.22 bits per heavy atom. The molecule has 2 aromatic carbocycles. The van der Waals surface area contributed by atoms with Crippen LogP contribution in [-0.4, -0.2) is 28.2 Å². The van der Waals surface area contributed by atoms with Gasteiger partial charge in [-0.1, -0.05) is 35.7 Å². The fourth-order valence-corrected chi connectivity index (χ4v) is 3.13. The van der Waals surface area contributed by atoms with Crippen molar-refractivity contribution in [3.05, 3.63) is 83.0 Å². The Balaban J connectivity index is 1.58. The zero-order valence-electron chi connectivity index (χ0n) is 20.6. The second-order valence-electron chi connectivity index (χ2n) is 8.73. The molecule has 1 aromatic heterocycles. The lowest BCUT2D eigenvalue weighted by molar-refractivity contribution is 0.0534. The molecule has 4 N–H and O–H groups in total. The van der Waals surface area contributed by atoms with Crippen molar-refractivity contribution in [2.24, 2.45) is 0 Å². The molecule has 192 valence electrons. The maximum Gasteiger partial charge on any atom is 0.407 e. The van der Waals surface area contributed by atoms with Gasteiger partial charge in [0.1, 0.15) is 41.5 Å². The number of hydrogen-bond acceptors (Lipinski definition) is 7. The molecular weight excluding hydrogens is 497 g/mol. The van der Waals surface area contributed by atoms with E-state index in [1.54, 1.807) is 63.3 Å². The van der Waals surface area contributed by atoms with Crippen LogP contribution in [0.5, 0.6) is 5.75 Å². The van der Waals surface area contributed by atoms with Gasteiger partial charge in [-0.2, -0.15) is 0 Å². The third-order valence-corrected chi connectivity index (χ3v) is 4.81. The van der Waals surface area contributed by atoms with E-state index in [1.807, 2.05) is 0 Å². The van der Waals surface area contributed by atoms with Crippen molar-refractivity contribution in [3.63, 3.8) is 0 Å². The maximum absolute atomic E-state index is 13.3. The zero-order valence-corrected chi connectivity index (χ0v) is 21.4. The summed E-state index contributed by atoms with van der Waals surface area (Å²) in [6.07, 6.45) is 4.09. The molecule has 0 fully saturated rings. The summed E-state index contributed by atoms with van der Waals surface area (Å²) in [4.78, 5) is 19.9. The first kappa shape index (κ1) is 27.3. The Bertz CT molecular complexity index is 1350. The highest BCUT2D eigenvalue weighted by Gasteiger charge is 2.15. The summed E-state index contributed by atoms with van der Waals surface area (Å²) in [6.45, 7) is 5.81. The lowest BCUT2D eigenvalue weighted by Crippen LogP contribution is -2.32. The standard InChI is InChI=1S/C27H27ClFN5O3/c1-27(2,3)37-26(35)31-13-6-4-5-10-22-24(30)25(33-17-32-22)34-20-11-12-23(21(28)15-20)36-16-18-8-7-9-19(29)14-18/h4,6-9,11-12,14-15,17H,13,16,30H2,1-3H3,(H,31,35)(H,32,33,34). The monoisotopic (exact) mass is 523 g/mol. The van der Waals surface area contributed by atoms with Gasteiger partial charge in [-0.05, 0) is 68.7 Å². The number of nitrogen functional groups attached to an aromatic ring is 1. The smallest absolute Gasteiger partial charge is 0.407 e. The van der Waals surface area contributed by atoms with Crippen molar-refractivity contribution in [2.45, 2.75) is 33.0 Å². The van der Waals surface area contributed by atoms with Crippen molar-refractivity contribution < 1.29 is 18.7 Å². The minimum absolute atomic E-state index is 0.177. The van der Waals surface area contributed by atoms with Gasteiger partial charge in [0.05, 0.1) is 5.02 Å². The molecule has 0 saturated heterocycles. The molecular formula is C27H27ClFN5O3. The Kier molecular flexibility index (Phi) is 9.30. The molecule has 0 saturated carbocycles. The number of anilines is 3. The molecule has 0 unspecified atom stereocenters. The zero-order chi connectivity index (χ0) is 26.8. The molecule has 1 heterocycles. The van der Waals surface area contributed by atoms with Crippen molar-refractivity contribution in [1.29, 1.82) is 0 Å². The minimum Gasteiger partial charge on any atom is -0.487 e. The normalized spacial score (nSPS) is 10.9. The van der Waals surface area contributed by atoms with Gasteiger partial charge >= 0.3 is 6.09 Å². The quantitative estimate of drug-likeness (QED) is 0.345.